The summed E-state index contributed by atoms with van der Waals surface area (Å²) >= 11 is 0. The lowest BCUT2D eigenvalue weighted by molar-refractivity contribution is 0.493. The van der Waals surface area contributed by atoms with Crippen LogP contribution in [0.2, 0.25) is 0 Å². The normalized spacial score (nSPS) is 23.6. The molecule has 1 saturated heterocycles. The first-order valence-corrected chi connectivity index (χ1v) is 6.88. The van der Waals surface area contributed by atoms with Crippen molar-refractivity contribution in [2.75, 3.05) is 13.1 Å². The molecular formula is C14H17N5. The van der Waals surface area contributed by atoms with Gasteiger partial charge >= 0.3 is 0 Å². The zero-order chi connectivity index (χ0) is 12.8. The van der Waals surface area contributed by atoms with Crippen LogP contribution in [0.15, 0.2) is 24.7 Å². The van der Waals surface area contributed by atoms with Gasteiger partial charge in [0.2, 0.25) is 0 Å². The van der Waals surface area contributed by atoms with Gasteiger partial charge in [-0.2, -0.15) is 0 Å². The number of rotatable bonds is 2. The first-order valence-electron chi connectivity index (χ1n) is 6.88. The van der Waals surface area contributed by atoms with Crippen molar-refractivity contribution in [1.29, 1.82) is 0 Å². The fourth-order valence-corrected chi connectivity index (χ4v) is 3.26. The molecule has 2 atom stereocenters. The van der Waals surface area contributed by atoms with Crippen molar-refractivity contribution in [1.82, 2.24) is 24.7 Å². The van der Waals surface area contributed by atoms with Crippen LogP contribution in [0.1, 0.15) is 25.0 Å². The van der Waals surface area contributed by atoms with Gasteiger partial charge in [-0.15, -0.1) is 0 Å². The van der Waals surface area contributed by atoms with Crippen LogP contribution in [0, 0.1) is 5.92 Å². The van der Waals surface area contributed by atoms with E-state index in [2.05, 4.69) is 37.7 Å². The minimum atomic E-state index is 0.542. The molecule has 0 bridgehead atoms. The van der Waals surface area contributed by atoms with E-state index in [1.54, 1.807) is 0 Å². The third-order valence-corrected chi connectivity index (χ3v) is 4.31. The number of hydrogen-bond acceptors (Lipinski definition) is 3. The molecule has 98 valence electrons. The maximum atomic E-state index is 4.52. The van der Waals surface area contributed by atoms with Crippen LogP contribution in [0.4, 0.5) is 0 Å². The van der Waals surface area contributed by atoms with Crippen LogP contribution in [0.5, 0.6) is 0 Å². The van der Waals surface area contributed by atoms with Gasteiger partial charge in [0.15, 0.2) is 11.3 Å². The summed E-state index contributed by atoms with van der Waals surface area (Å²) in [5.41, 5.74) is 4.28. The lowest BCUT2D eigenvalue weighted by Crippen LogP contribution is -2.12. The predicted octanol–water partition coefficient (Wildman–Crippen LogP) is 1.92. The standard InChI is InChI=1S/C14H17N5/c1-2-9-5-15-6-10(9)12-7-17-13-8-18-14-11(19(12)13)3-4-16-14/h3-4,7-10,15-16H,2,5-6H2,1H3/t9-,10+/m0/s1. The molecule has 19 heavy (non-hydrogen) atoms. The van der Waals surface area contributed by atoms with Crippen molar-refractivity contribution in [3.63, 3.8) is 0 Å². The number of aromatic nitrogens is 4. The van der Waals surface area contributed by atoms with Gasteiger partial charge in [-0.05, 0) is 18.5 Å². The van der Waals surface area contributed by atoms with E-state index >= 15 is 0 Å². The lowest BCUT2D eigenvalue weighted by atomic mass is 9.91. The molecule has 1 aliphatic heterocycles. The molecule has 0 saturated carbocycles. The van der Waals surface area contributed by atoms with Crippen LogP contribution in [0.3, 0.4) is 0 Å². The smallest absolute Gasteiger partial charge is 0.156 e. The van der Waals surface area contributed by atoms with Gasteiger partial charge in [-0.25, -0.2) is 9.97 Å². The number of fused-ring (bicyclic) bond motifs is 3. The molecule has 5 nitrogen and oxygen atoms in total. The molecule has 1 fully saturated rings. The van der Waals surface area contributed by atoms with E-state index in [0.717, 1.165) is 29.9 Å². The van der Waals surface area contributed by atoms with Crippen LogP contribution in [0.25, 0.3) is 16.8 Å². The first kappa shape index (κ1) is 11.0. The molecule has 4 rings (SSSR count). The average molecular weight is 255 g/mol. The highest BCUT2D eigenvalue weighted by Gasteiger charge is 2.29. The second-order valence-electron chi connectivity index (χ2n) is 5.28. The van der Waals surface area contributed by atoms with Crippen LogP contribution >= 0.6 is 0 Å². The molecule has 4 heterocycles. The molecular weight excluding hydrogens is 238 g/mol. The molecule has 2 N–H and O–H groups in total. The van der Waals surface area contributed by atoms with Crippen molar-refractivity contribution in [3.8, 4) is 0 Å². The summed E-state index contributed by atoms with van der Waals surface area (Å²) in [4.78, 5) is 12.1. The summed E-state index contributed by atoms with van der Waals surface area (Å²) < 4.78 is 2.25. The highest BCUT2D eigenvalue weighted by molar-refractivity contribution is 5.74. The van der Waals surface area contributed by atoms with Crippen molar-refractivity contribution < 1.29 is 0 Å². The summed E-state index contributed by atoms with van der Waals surface area (Å²) in [6.07, 6.45) is 6.99. The van der Waals surface area contributed by atoms with E-state index in [1.165, 1.54) is 12.1 Å². The molecule has 0 unspecified atom stereocenters. The Balaban J connectivity index is 1.96. The highest BCUT2D eigenvalue weighted by Crippen LogP contribution is 2.31. The summed E-state index contributed by atoms with van der Waals surface area (Å²) in [6, 6.07) is 2.07. The Hall–Kier alpha value is -1.88. The summed E-state index contributed by atoms with van der Waals surface area (Å²) in [6.45, 7) is 4.41. The van der Waals surface area contributed by atoms with Gasteiger partial charge in [0.1, 0.15) is 0 Å². The molecule has 3 aromatic heterocycles. The minimum absolute atomic E-state index is 0.542. The summed E-state index contributed by atoms with van der Waals surface area (Å²) in [7, 11) is 0. The van der Waals surface area contributed by atoms with Crippen LogP contribution in [-0.4, -0.2) is 32.4 Å². The van der Waals surface area contributed by atoms with E-state index in [-0.39, 0.29) is 0 Å². The van der Waals surface area contributed by atoms with Gasteiger partial charge in [0.25, 0.3) is 0 Å². The molecule has 0 aliphatic carbocycles. The van der Waals surface area contributed by atoms with E-state index in [4.69, 9.17) is 0 Å². The highest BCUT2D eigenvalue weighted by atomic mass is 15.1. The van der Waals surface area contributed by atoms with Gasteiger partial charge in [0.05, 0.1) is 11.7 Å². The van der Waals surface area contributed by atoms with Gasteiger partial charge < -0.3 is 10.3 Å². The largest absolute Gasteiger partial charge is 0.345 e. The Morgan fingerprint density at radius 1 is 1.32 bits per heavy atom. The van der Waals surface area contributed by atoms with Crippen molar-refractivity contribution in [3.05, 3.63) is 30.4 Å². The van der Waals surface area contributed by atoms with Crippen molar-refractivity contribution >= 4 is 16.8 Å². The predicted molar refractivity (Wildman–Crippen MR) is 74.2 cm³/mol. The average Bonchev–Trinajstić information content (AvgIpc) is 3.15. The Labute approximate surface area is 111 Å². The zero-order valence-corrected chi connectivity index (χ0v) is 10.9. The second-order valence-corrected chi connectivity index (χ2v) is 5.28. The Morgan fingerprint density at radius 3 is 3.16 bits per heavy atom. The number of H-pyrrole nitrogens is 1. The molecule has 1 aliphatic rings. The molecule has 5 heteroatoms. The SMILES string of the molecule is CC[C@H]1CNC[C@H]1c1cnc2cnc3[nH]ccc3n12. The van der Waals surface area contributed by atoms with Crippen molar-refractivity contribution in [2.45, 2.75) is 19.3 Å². The van der Waals surface area contributed by atoms with Gasteiger partial charge in [0, 0.05) is 30.6 Å². The van der Waals surface area contributed by atoms with Crippen LogP contribution < -0.4 is 5.32 Å². The van der Waals surface area contributed by atoms with Crippen molar-refractivity contribution in [2.24, 2.45) is 5.92 Å². The molecule has 0 radical (unpaired) electrons. The quantitative estimate of drug-likeness (QED) is 0.735. The van der Waals surface area contributed by atoms with Gasteiger partial charge in [-0.3, -0.25) is 4.40 Å². The topological polar surface area (TPSA) is 58.0 Å². The lowest BCUT2D eigenvalue weighted by Gasteiger charge is -2.16. The zero-order valence-electron chi connectivity index (χ0n) is 10.9. The maximum Gasteiger partial charge on any atom is 0.156 e. The van der Waals surface area contributed by atoms with Gasteiger partial charge in [-0.1, -0.05) is 13.3 Å². The summed E-state index contributed by atoms with van der Waals surface area (Å²) in [5.74, 6) is 1.24. The second kappa shape index (κ2) is 4.06. The number of imidazole rings is 1. The summed E-state index contributed by atoms with van der Waals surface area (Å²) in [5, 5.41) is 3.50. The van der Waals surface area contributed by atoms with E-state index in [9.17, 15) is 0 Å². The minimum Gasteiger partial charge on any atom is -0.345 e. The third-order valence-electron chi connectivity index (χ3n) is 4.31. The number of nitrogens with zero attached hydrogens (tertiary/aromatic N) is 3. The maximum absolute atomic E-state index is 4.52. The van der Waals surface area contributed by atoms with Crippen LogP contribution in [-0.2, 0) is 0 Å². The van der Waals surface area contributed by atoms with E-state index in [1.807, 2.05) is 18.6 Å². The van der Waals surface area contributed by atoms with E-state index in [0.29, 0.717) is 11.8 Å². The van der Waals surface area contributed by atoms with E-state index < -0.39 is 0 Å². The number of nitrogens with one attached hydrogen (secondary N) is 2. The molecule has 0 aromatic carbocycles. The third kappa shape index (κ3) is 1.51. The molecule has 0 spiro atoms. The first-order chi connectivity index (χ1) is 9.38. The number of aromatic amines is 1. The fourth-order valence-electron chi connectivity index (χ4n) is 3.26. The molecule has 0 amide bonds. The Kier molecular flexibility index (Phi) is 2.35. The number of hydrogen-bond donors (Lipinski definition) is 2. The monoisotopic (exact) mass is 255 g/mol. The fraction of sp³-hybridized carbons (Fsp3) is 0.429. The Morgan fingerprint density at radius 2 is 2.26 bits per heavy atom. The Bertz CT molecular complexity index is 726. The molecule has 3 aromatic rings.